The van der Waals surface area contributed by atoms with E-state index >= 15 is 0 Å². The summed E-state index contributed by atoms with van der Waals surface area (Å²) in [5.41, 5.74) is 8.50. The third-order valence-corrected chi connectivity index (χ3v) is 4.84. The van der Waals surface area contributed by atoms with E-state index in [1.807, 2.05) is 37.4 Å². The van der Waals surface area contributed by atoms with Crippen LogP contribution in [0.15, 0.2) is 77.9 Å². The molecule has 0 heterocycles. The van der Waals surface area contributed by atoms with E-state index in [1.165, 1.54) is 11.3 Å². The summed E-state index contributed by atoms with van der Waals surface area (Å²) in [5.74, 6) is 0. The Labute approximate surface area is 166 Å². The lowest BCUT2D eigenvalue weighted by Gasteiger charge is -2.23. The predicted octanol–water partition coefficient (Wildman–Crippen LogP) is 6.12. The van der Waals surface area contributed by atoms with Crippen LogP contribution in [0.4, 0.5) is 11.4 Å². The molecule has 0 saturated heterocycles. The van der Waals surface area contributed by atoms with Crippen molar-refractivity contribution in [3.8, 4) is 0 Å². The summed E-state index contributed by atoms with van der Waals surface area (Å²) in [6, 6.07) is 24.8. The molecule has 0 aliphatic heterocycles. The molecule has 0 unspecified atom stereocenters. The lowest BCUT2D eigenvalue weighted by Crippen LogP contribution is -2.21. The van der Waals surface area contributed by atoms with Gasteiger partial charge in [-0.05, 0) is 54.8 Å². The molecule has 0 atom stereocenters. The number of nitrogens with one attached hydrogen (secondary N) is 1. The molecule has 4 heteroatoms. The van der Waals surface area contributed by atoms with Gasteiger partial charge < -0.3 is 4.90 Å². The van der Waals surface area contributed by atoms with Crippen LogP contribution >= 0.6 is 11.6 Å². The molecule has 0 fully saturated rings. The van der Waals surface area contributed by atoms with Crippen LogP contribution in [0.3, 0.4) is 0 Å². The highest BCUT2D eigenvalue weighted by Gasteiger charge is 2.05. The summed E-state index contributed by atoms with van der Waals surface area (Å²) in [6.45, 7) is 6.02. The van der Waals surface area contributed by atoms with Crippen LogP contribution in [-0.4, -0.2) is 12.8 Å². The molecule has 3 aromatic carbocycles. The van der Waals surface area contributed by atoms with Crippen LogP contribution in [0, 0.1) is 6.92 Å². The smallest absolute Gasteiger partial charge is 0.0576 e. The molecular formula is C23H24ClN3. The van der Waals surface area contributed by atoms with Crippen molar-refractivity contribution in [3.05, 3.63) is 94.5 Å². The molecule has 0 aliphatic rings. The first-order valence-corrected chi connectivity index (χ1v) is 9.47. The standard InChI is InChI=1S/C23H24ClN3/c1-3-27(17-20-7-5-4-6-8-20)22-13-10-19(11-14-22)16-25-26-21-12-9-18(2)23(24)15-21/h4-16,26H,3,17H2,1-2H3. The third kappa shape index (κ3) is 5.35. The minimum atomic E-state index is 0.734. The van der Waals surface area contributed by atoms with Gasteiger partial charge in [-0.3, -0.25) is 5.43 Å². The Balaban J connectivity index is 1.62. The fourth-order valence-corrected chi connectivity index (χ4v) is 2.98. The topological polar surface area (TPSA) is 27.6 Å². The van der Waals surface area contributed by atoms with Crippen molar-refractivity contribution in [3.63, 3.8) is 0 Å². The number of rotatable bonds is 7. The van der Waals surface area contributed by atoms with E-state index in [0.29, 0.717) is 0 Å². The highest BCUT2D eigenvalue weighted by atomic mass is 35.5. The molecule has 3 aromatic rings. The average molecular weight is 378 g/mol. The number of benzene rings is 3. The van der Waals surface area contributed by atoms with Gasteiger partial charge in [0.2, 0.25) is 0 Å². The molecule has 0 aliphatic carbocycles. The Morgan fingerprint density at radius 2 is 1.74 bits per heavy atom. The molecule has 3 nitrogen and oxygen atoms in total. The summed E-state index contributed by atoms with van der Waals surface area (Å²) < 4.78 is 0. The molecule has 0 radical (unpaired) electrons. The van der Waals surface area contributed by atoms with Crippen LogP contribution in [0.1, 0.15) is 23.6 Å². The molecule has 0 spiro atoms. The molecular weight excluding hydrogens is 354 g/mol. The van der Waals surface area contributed by atoms with Crippen molar-refractivity contribution < 1.29 is 0 Å². The van der Waals surface area contributed by atoms with Crippen LogP contribution in [0.2, 0.25) is 5.02 Å². The zero-order valence-electron chi connectivity index (χ0n) is 15.7. The molecule has 0 saturated carbocycles. The summed E-state index contributed by atoms with van der Waals surface area (Å²) in [6.07, 6.45) is 1.81. The fourth-order valence-electron chi connectivity index (χ4n) is 2.80. The van der Waals surface area contributed by atoms with Crippen molar-refractivity contribution in [1.82, 2.24) is 0 Å². The van der Waals surface area contributed by atoms with Crippen LogP contribution in [0.25, 0.3) is 0 Å². The first kappa shape index (κ1) is 19.0. The number of halogens is 1. The van der Waals surface area contributed by atoms with E-state index < -0.39 is 0 Å². The first-order valence-electron chi connectivity index (χ1n) is 9.10. The maximum atomic E-state index is 6.13. The zero-order valence-corrected chi connectivity index (χ0v) is 16.4. The van der Waals surface area contributed by atoms with E-state index in [9.17, 15) is 0 Å². The van der Waals surface area contributed by atoms with Crippen LogP contribution < -0.4 is 10.3 Å². The second-order valence-corrected chi connectivity index (χ2v) is 6.83. The normalized spacial score (nSPS) is 10.9. The van der Waals surface area contributed by atoms with E-state index in [4.69, 9.17) is 11.6 Å². The summed E-state index contributed by atoms with van der Waals surface area (Å²) >= 11 is 6.13. The lowest BCUT2D eigenvalue weighted by atomic mass is 10.1. The first-order chi connectivity index (χ1) is 13.2. The third-order valence-electron chi connectivity index (χ3n) is 4.44. The zero-order chi connectivity index (χ0) is 19.1. The van der Waals surface area contributed by atoms with Crippen molar-refractivity contribution in [2.24, 2.45) is 5.10 Å². The molecule has 138 valence electrons. The lowest BCUT2D eigenvalue weighted by molar-refractivity contribution is 0.832. The maximum absolute atomic E-state index is 6.13. The Morgan fingerprint density at radius 3 is 2.41 bits per heavy atom. The predicted molar refractivity (Wildman–Crippen MR) is 117 cm³/mol. The van der Waals surface area contributed by atoms with Gasteiger partial charge in [-0.1, -0.05) is 60.1 Å². The maximum Gasteiger partial charge on any atom is 0.0576 e. The van der Waals surface area contributed by atoms with Crippen molar-refractivity contribution >= 4 is 29.2 Å². The summed E-state index contributed by atoms with van der Waals surface area (Å²) in [7, 11) is 0. The number of hydrogen-bond acceptors (Lipinski definition) is 3. The second-order valence-electron chi connectivity index (χ2n) is 6.43. The van der Waals surface area contributed by atoms with Crippen LogP contribution in [0.5, 0.6) is 0 Å². The van der Waals surface area contributed by atoms with Crippen molar-refractivity contribution in [1.29, 1.82) is 0 Å². The van der Waals surface area contributed by atoms with Gasteiger partial charge in [0.25, 0.3) is 0 Å². The van der Waals surface area contributed by atoms with Gasteiger partial charge in [-0.25, -0.2) is 0 Å². The van der Waals surface area contributed by atoms with Gasteiger partial charge in [0.15, 0.2) is 0 Å². The van der Waals surface area contributed by atoms with Gasteiger partial charge in [-0.2, -0.15) is 5.10 Å². The highest BCUT2D eigenvalue weighted by Crippen LogP contribution is 2.20. The summed E-state index contributed by atoms with van der Waals surface area (Å²) in [5, 5.41) is 5.03. The van der Waals surface area contributed by atoms with E-state index in [2.05, 4.69) is 70.9 Å². The Bertz CT molecular complexity index is 889. The number of anilines is 2. The Morgan fingerprint density at radius 1 is 1.00 bits per heavy atom. The van der Waals surface area contributed by atoms with Gasteiger partial charge >= 0.3 is 0 Å². The number of hydrogen-bond donors (Lipinski definition) is 1. The quantitative estimate of drug-likeness (QED) is 0.396. The van der Waals surface area contributed by atoms with Crippen LogP contribution in [-0.2, 0) is 6.54 Å². The highest BCUT2D eigenvalue weighted by molar-refractivity contribution is 6.31. The van der Waals surface area contributed by atoms with Crippen molar-refractivity contribution in [2.75, 3.05) is 16.9 Å². The Kier molecular flexibility index (Phi) is 6.50. The molecule has 27 heavy (non-hydrogen) atoms. The van der Waals surface area contributed by atoms with E-state index in [1.54, 1.807) is 0 Å². The van der Waals surface area contributed by atoms with E-state index in [-0.39, 0.29) is 0 Å². The largest absolute Gasteiger partial charge is 0.367 e. The Hall–Kier alpha value is -2.78. The molecule has 3 rings (SSSR count). The molecule has 0 amide bonds. The summed E-state index contributed by atoms with van der Waals surface area (Å²) in [4.78, 5) is 2.35. The SMILES string of the molecule is CCN(Cc1ccccc1)c1ccc(C=NNc2ccc(C)c(Cl)c2)cc1. The number of nitrogens with zero attached hydrogens (tertiary/aromatic N) is 2. The number of hydrazone groups is 1. The molecule has 1 N–H and O–H groups in total. The van der Waals surface area contributed by atoms with Gasteiger partial charge in [0, 0.05) is 23.8 Å². The minimum absolute atomic E-state index is 0.734. The molecule has 0 aromatic heterocycles. The average Bonchev–Trinajstić information content (AvgIpc) is 2.70. The van der Waals surface area contributed by atoms with E-state index in [0.717, 1.165) is 34.9 Å². The van der Waals surface area contributed by atoms with Gasteiger partial charge in [-0.15, -0.1) is 0 Å². The second kappa shape index (κ2) is 9.24. The molecule has 0 bridgehead atoms. The minimum Gasteiger partial charge on any atom is -0.367 e. The van der Waals surface area contributed by atoms with Gasteiger partial charge in [0.05, 0.1) is 11.9 Å². The number of aryl methyl sites for hydroxylation is 1. The van der Waals surface area contributed by atoms with Gasteiger partial charge in [0.1, 0.15) is 0 Å². The van der Waals surface area contributed by atoms with Crippen molar-refractivity contribution in [2.45, 2.75) is 20.4 Å². The fraction of sp³-hybridized carbons (Fsp3) is 0.174. The monoisotopic (exact) mass is 377 g/mol.